The van der Waals surface area contributed by atoms with Crippen molar-refractivity contribution in [2.75, 3.05) is 7.11 Å². The highest BCUT2D eigenvalue weighted by molar-refractivity contribution is 5.86. The number of carboxylic acids is 1. The van der Waals surface area contributed by atoms with Crippen LogP contribution in [0.25, 0.3) is 6.08 Å². The van der Waals surface area contributed by atoms with E-state index in [9.17, 15) is 4.79 Å². The van der Waals surface area contributed by atoms with Crippen LogP contribution in [0.1, 0.15) is 11.1 Å². The first-order valence-corrected chi connectivity index (χ1v) is 6.45. The van der Waals surface area contributed by atoms with Crippen LogP contribution in [0.3, 0.4) is 0 Å². The molecule has 4 heteroatoms. The minimum Gasteiger partial charge on any atom is -0.497 e. The smallest absolute Gasteiger partial charge is 0.328 e. The number of ether oxygens (including phenoxy) is 2. The second kappa shape index (κ2) is 7.14. The molecule has 0 aliphatic heterocycles. The third kappa shape index (κ3) is 4.38. The molecule has 0 spiro atoms. The first kappa shape index (κ1) is 14.7. The Balaban J connectivity index is 2.20. The molecule has 1 N–H and O–H groups in total. The van der Waals surface area contributed by atoms with Crippen molar-refractivity contribution in [2.45, 2.75) is 6.61 Å². The fourth-order valence-electron chi connectivity index (χ4n) is 1.80. The van der Waals surface area contributed by atoms with E-state index in [1.54, 1.807) is 25.3 Å². The number of aliphatic carboxylic acids is 1. The highest BCUT2D eigenvalue weighted by Crippen LogP contribution is 2.26. The molecule has 0 radical (unpaired) electrons. The summed E-state index contributed by atoms with van der Waals surface area (Å²) in [5.41, 5.74) is 1.72. The molecule has 2 aromatic rings. The Kier molecular flexibility index (Phi) is 4.99. The van der Waals surface area contributed by atoms with Gasteiger partial charge in [0.05, 0.1) is 7.11 Å². The summed E-state index contributed by atoms with van der Waals surface area (Å²) in [6, 6.07) is 15.0. The summed E-state index contributed by atoms with van der Waals surface area (Å²) in [5, 5.41) is 8.72. The molecule has 108 valence electrons. The van der Waals surface area contributed by atoms with Crippen molar-refractivity contribution in [3.63, 3.8) is 0 Å². The molecule has 0 aliphatic rings. The maximum Gasteiger partial charge on any atom is 0.328 e. The van der Waals surface area contributed by atoms with Gasteiger partial charge < -0.3 is 14.6 Å². The standard InChI is InChI=1S/C17H16O4/c1-20-15-9-7-14(8-10-17(18)19)16(11-15)21-12-13-5-3-2-4-6-13/h2-11H,12H2,1H3,(H,18,19)/b10-8+. The van der Waals surface area contributed by atoms with Gasteiger partial charge in [-0.2, -0.15) is 0 Å². The molecule has 0 saturated heterocycles. The Labute approximate surface area is 123 Å². The van der Waals surface area contributed by atoms with E-state index in [4.69, 9.17) is 14.6 Å². The van der Waals surface area contributed by atoms with Crippen molar-refractivity contribution in [1.82, 2.24) is 0 Å². The average molecular weight is 284 g/mol. The van der Waals surface area contributed by atoms with Crippen molar-refractivity contribution >= 4 is 12.0 Å². The third-order valence-electron chi connectivity index (χ3n) is 2.86. The predicted molar refractivity (Wildman–Crippen MR) is 80.4 cm³/mol. The first-order valence-electron chi connectivity index (χ1n) is 6.45. The Morgan fingerprint density at radius 2 is 1.95 bits per heavy atom. The molecule has 0 heterocycles. The number of benzene rings is 2. The zero-order valence-corrected chi connectivity index (χ0v) is 11.7. The van der Waals surface area contributed by atoms with Crippen molar-refractivity contribution in [2.24, 2.45) is 0 Å². The summed E-state index contributed by atoms with van der Waals surface area (Å²) in [7, 11) is 1.57. The van der Waals surface area contributed by atoms with Crippen LogP contribution in [0.4, 0.5) is 0 Å². The van der Waals surface area contributed by atoms with Crippen LogP contribution < -0.4 is 9.47 Å². The van der Waals surface area contributed by atoms with Crippen molar-refractivity contribution in [3.8, 4) is 11.5 Å². The van der Waals surface area contributed by atoms with Gasteiger partial charge in [0.15, 0.2) is 0 Å². The number of methoxy groups -OCH3 is 1. The highest BCUT2D eigenvalue weighted by atomic mass is 16.5. The summed E-state index contributed by atoms with van der Waals surface area (Å²) >= 11 is 0. The summed E-state index contributed by atoms with van der Waals surface area (Å²) < 4.78 is 10.9. The van der Waals surface area contributed by atoms with E-state index in [0.29, 0.717) is 23.7 Å². The van der Waals surface area contributed by atoms with E-state index < -0.39 is 5.97 Å². The van der Waals surface area contributed by atoms with Gasteiger partial charge in [-0.3, -0.25) is 0 Å². The second-order valence-corrected chi connectivity index (χ2v) is 4.35. The molecule has 0 bridgehead atoms. The quantitative estimate of drug-likeness (QED) is 0.826. The minimum absolute atomic E-state index is 0.405. The van der Waals surface area contributed by atoms with Gasteiger partial charge in [0.25, 0.3) is 0 Å². The molecule has 0 aromatic heterocycles. The zero-order chi connectivity index (χ0) is 15.1. The Morgan fingerprint density at radius 3 is 2.62 bits per heavy atom. The van der Waals surface area contributed by atoms with E-state index in [1.165, 1.54) is 6.08 Å². The van der Waals surface area contributed by atoms with Crippen LogP contribution in [0.15, 0.2) is 54.6 Å². The van der Waals surface area contributed by atoms with Gasteiger partial charge in [0.2, 0.25) is 0 Å². The van der Waals surface area contributed by atoms with Crippen LogP contribution in [-0.2, 0) is 11.4 Å². The Morgan fingerprint density at radius 1 is 1.19 bits per heavy atom. The molecule has 0 atom stereocenters. The number of hydrogen-bond donors (Lipinski definition) is 1. The maximum absolute atomic E-state index is 10.6. The Bertz CT molecular complexity index is 632. The molecule has 4 nitrogen and oxygen atoms in total. The molecule has 21 heavy (non-hydrogen) atoms. The number of carboxylic acid groups (broad SMARTS) is 1. The van der Waals surface area contributed by atoms with Gasteiger partial charge >= 0.3 is 5.97 Å². The van der Waals surface area contributed by atoms with Gasteiger partial charge in [-0.1, -0.05) is 30.3 Å². The number of rotatable bonds is 6. The lowest BCUT2D eigenvalue weighted by Crippen LogP contribution is -1.98. The van der Waals surface area contributed by atoms with Gasteiger partial charge in [-0.15, -0.1) is 0 Å². The van der Waals surface area contributed by atoms with E-state index in [0.717, 1.165) is 11.6 Å². The molecule has 0 fully saturated rings. The average Bonchev–Trinajstić information content (AvgIpc) is 2.52. The molecule has 0 amide bonds. The van der Waals surface area contributed by atoms with Gasteiger partial charge in [0.1, 0.15) is 18.1 Å². The van der Waals surface area contributed by atoms with Crippen LogP contribution in [0, 0.1) is 0 Å². The Hall–Kier alpha value is -2.75. The van der Waals surface area contributed by atoms with E-state index in [2.05, 4.69) is 0 Å². The SMILES string of the molecule is COc1ccc(/C=C/C(=O)O)c(OCc2ccccc2)c1. The maximum atomic E-state index is 10.6. The number of hydrogen-bond acceptors (Lipinski definition) is 3. The summed E-state index contributed by atoms with van der Waals surface area (Å²) in [6.07, 6.45) is 2.58. The van der Waals surface area contributed by atoms with Crippen LogP contribution in [0.5, 0.6) is 11.5 Å². The second-order valence-electron chi connectivity index (χ2n) is 4.35. The fraction of sp³-hybridized carbons (Fsp3) is 0.118. The summed E-state index contributed by atoms with van der Waals surface area (Å²) in [6.45, 7) is 0.405. The van der Waals surface area contributed by atoms with Gasteiger partial charge in [-0.25, -0.2) is 4.79 Å². The molecule has 0 aliphatic carbocycles. The molecular weight excluding hydrogens is 268 g/mol. The van der Waals surface area contributed by atoms with E-state index in [1.807, 2.05) is 30.3 Å². The summed E-state index contributed by atoms with van der Waals surface area (Å²) in [5.74, 6) is 0.237. The molecule has 0 unspecified atom stereocenters. The zero-order valence-electron chi connectivity index (χ0n) is 11.7. The van der Waals surface area contributed by atoms with Crippen molar-refractivity contribution < 1.29 is 19.4 Å². The highest BCUT2D eigenvalue weighted by Gasteiger charge is 2.05. The van der Waals surface area contributed by atoms with Gasteiger partial charge in [0, 0.05) is 17.7 Å². The lowest BCUT2D eigenvalue weighted by molar-refractivity contribution is -0.131. The topological polar surface area (TPSA) is 55.8 Å². The lowest BCUT2D eigenvalue weighted by atomic mass is 10.1. The largest absolute Gasteiger partial charge is 0.497 e. The lowest BCUT2D eigenvalue weighted by Gasteiger charge is -2.11. The fourth-order valence-corrected chi connectivity index (χ4v) is 1.80. The molecule has 0 saturated carbocycles. The molecular formula is C17H16O4. The normalized spacial score (nSPS) is 10.5. The third-order valence-corrected chi connectivity index (χ3v) is 2.86. The number of carbonyl (C=O) groups is 1. The first-order chi connectivity index (χ1) is 10.2. The molecule has 2 rings (SSSR count). The van der Waals surface area contributed by atoms with Crippen molar-refractivity contribution in [1.29, 1.82) is 0 Å². The van der Waals surface area contributed by atoms with Crippen LogP contribution >= 0.6 is 0 Å². The van der Waals surface area contributed by atoms with Gasteiger partial charge in [-0.05, 0) is 23.8 Å². The monoisotopic (exact) mass is 284 g/mol. The van der Waals surface area contributed by atoms with Crippen molar-refractivity contribution in [3.05, 3.63) is 65.7 Å². The molecule has 2 aromatic carbocycles. The minimum atomic E-state index is -1.00. The summed E-state index contributed by atoms with van der Waals surface area (Å²) in [4.78, 5) is 10.6. The predicted octanol–water partition coefficient (Wildman–Crippen LogP) is 3.37. The van der Waals surface area contributed by atoms with E-state index in [-0.39, 0.29) is 0 Å². The van der Waals surface area contributed by atoms with E-state index >= 15 is 0 Å². The van der Waals surface area contributed by atoms with Crippen LogP contribution in [-0.4, -0.2) is 18.2 Å². The van der Waals surface area contributed by atoms with Crippen LogP contribution in [0.2, 0.25) is 0 Å².